The number of thiazole rings is 1. The van der Waals surface area contributed by atoms with E-state index in [1.54, 1.807) is 35.2 Å². The van der Waals surface area contributed by atoms with Gasteiger partial charge in [-0.2, -0.15) is 0 Å². The lowest BCUT2D eigenvalue weighted by atomic mass is 10.2. The molecule has 0 bridgehead atoms. The largest absolute Gasteiger partial charge is 0.333 e. The number of benzene rings is 1. The summed E-state index contributed by atoms with van der Waals surface area (Å²) in [6, 6.07) is 10.0. The number of nitrogens with zero attached hydrogens (tertiary/aromatic N) is 5. The van der Waals surface area contributed by atoms with Crippen LogP contribution in [0.2, 0.25) is 0 Å². The van der Waals surface area contributed by atoms with E-state index in [0.717, 1.165) is 5.56 Å². The molecule has 1 aliphatic heterocycles. The zero-order valence-electron chi connectivity index (χ0n) is 13.5. The molecular weight excluding hydrogens is 354 g/mol. The van der Waals surface area contributed by atoms with Crippen LogP contribution in [-0.4, -0.2) is 21.1 Å². The van der Waals surface area contributed by atoms with Gasteiger partial charge in [0, 0.05) is 30.2 Å². The average molecular weight is 367 g/mol. The highest BCUT2D eigenvalue weighted by Crippen LogP contribution is 2.21. The molecule has 0 atom stereocenters. The molecule has 4 rings (SSSR count). The lowest BCUT2D eigenvalue weighted by Crippen LogP contribution is -2.42. The summed E-state index contributed by atoms with van der Waals surface area (Å²) in [5.74, 6) is 0. The molecule has 130 valence electrons. The molecule has 0 fully saturated rings. The molecule has 0 aliphatic carbocycles. The van der Waals surface area contributed by atoms with Gasteiger partial charge in [0.15, 0.2) is 4.80 Å². The van der Waals surface area contributed by atoms with Crippen LogP contribution in [0, 0.1) is 10.1 Å². The fourth-order valence-corrected chi connectivity index (χ4v) is 3.65. The molecule has 0 amide bonds. The topological polar surface area (TPSA) is 93.6 Å². The van der Waals surface area contributed by atoms with E-state index in [4.69, 9.17) is 0 Å². The van der Waals surface area contributed by atoms with Crippen LogP contribution in [0.3, 0.4) is 0 Å². The number of hydrogen-bond acceptors (Lipinski definition) is 7. The second-order valence-electron chi connectivity index (χ2n) is 5.67. The molecule has 2 aromatic heterocycles. The van der Waals surface area contributed by atoms with Gasteiger partial charge in [-0.05, 0) is 23.8 Å². The lowest BCUT2D eigenvalue weighted by Gasteiger charge is -2.25. The van der Waals surface area contributed by atoms with E-state index in [1.807, 2.05) is 17.0 Å². The first-order valence-electron chi connectivity index (χ1n) is 7.77. The quantitative estimate of drug-likeness (QED) is 0.510. The average Bonchev–Trinajstić information content (AvgIpc) is 2.98. The van der Waals surface area contributed by atoms with Gasteiger partial charge in [0.2, 0.25) is 0 Å². The molecule has 3 heterocycles. The van der Waals surface area contributed by atoms with Crippen LogP contribution in [0.15, 0.2) is 58.6 Å². The van der Waals surface area contributed by atoms with Crippen molar-refractivity contribution in [2.45, 2.75) is 6.67 Å². The van der Waals surface area contributed by atoms with Crippen molar-refractivity contribution in [2.24, 2.45) is 4.99 Å². The third kappa shape index (κ3) is 3.00. The predicted octanol–water partition coefficient (Wildman–Crippen LogP) is 1.10. The van der Waals surface area contributed by atoms with Crippen LogP contribution in [0.25, 0.3) is 6.08 Å². The molecule has 1 aromatic carbocycles. The van der Waals surface area contributed by atoms with Crippen LogP contribution < -0.4 is 19.8 Å². The Morgan fingerprint density at radius 1 is 1.27 bits per heavy atom. The molecule has 8 nitrogen and oxygen atoms in total. The molecule has 0 N–H and O–H groups in total. The lowest BCUT2D eigenvalue weighted by molar-refractivity contribution is -0.384. The van der Waals surface area contributed by atoms with E-state index >= 15 is 0 Å². The minimum atomic E-state index is -0.437. The minimum absolute atomic E-state index is 0.0107. The van der Waals surface area contributed by atoms with Crippen LogP contribution in [-0.2, 0) is 6.67 Å². The van der Waals surface area contributed by atoms with Crippen molar-refractivity contribution in [1.82, 2.24) is 9.55 Å². The summed E-state index contributed by atoms with van der Waals surface area (Å²) in [4.78, 5) is 34.2. The van der Waals surface area contributed by atoms with Crippen molar-refractivity contribution >= 4 is 28.8 Å². The molecule has 0 spiro atoms. The van der Waals surface area contributed by atoms with Gasteiger partial charge in [-0.1, -0.05) is 23.5 Å². The predicted molar refractivity (Wildman–Crippen MR) is 97.6 cm³/mol. The third-order valence-corrected chi connectivity index (χ3v) is 5.01. The summed E-state index contributed by atoms with van der Waals surface area (Å²) in [5, 5.41) is 11.0. The Balaban J connectivity index is 1.70. The zero-order chi connectivity index (χ0) is 18.1. The van der Waals surface area contributed by atoms with E-state index < -0.39 is 4.92 Å². The highest BCUT2D eigenvalue weighted by molar-refractivity contribution is 7.07. The SMILES string of the molecule is O=c1/c(=C/c2cccnc2)sc2n1CN(c1cccc([N+](=O)[O-])c1)CN=2. The van der Waals surface area contributed by atoms with Gasteiger partial charge in [-0.25, -0.2) is 4.99 Å². The van der Waals surface area contributed by atoms with E-state index in [1.165, 1.54) is 23.5 Å². The first-order chi connectivity index (χ1) is 12.6. The zero-order valence-corrected chi connectivity index (χ0v) is 14.3. The monoisotopic (exact) mass is 367 g/mol. The number of anilines is 1. The summed E-state index contributed by atoms with van der Waals surface area (Å²) in [7, 11) is 0. The maximum absolute atomic E-state index is 12.7. The van der Waals surface area contributed by atoms with Gasteiger partial charge in [0.25, 0.3) is 11.2 Å². The Morgan fingerprint density at radius 3 is 2.92 bits per heavy atom. The van der Waals surface area contributed by atoms with Crippen LogP contribution >= 0.6 is 11.3 Å². The van der Waals surface area contributed by atoms with Crippen LogP contribution in [0.1, 0.15) is 5.56 Å². The number of rotatable bonds is 3. The van der Waals surface area contributed by atoms with Gasteiger partial charge in [-0.15, -0.1) is 0 Å². The first kappa shape index (κ1) is 16.2. The van der Waals surface area contributed by atoms with Crippen molar-refractivity contribution in [3.8, 4) is 0 Å². The highest BCUT2D eigenvalue weighted by Gasteiger charge is 2.17. The first-order valence-corrected chi connectivity index (χ1v) is 8.59. The highest BCUT2D eigenvalue weighted by atomic mass is 32.1. The summed E-state index contributed by atoms with van der Waals surface area (Å²) >= 11 is 1.33. The normalized spacial score (nSPS) is 14.0. The Labute approximate surface area is 151 Å². The van der Waals surface area contributed by atoms with E-state index in [9.17, 15) is 14.9 Å². The Hall–Kier alpha value is -3.33. The Kier molecular flexibility index (Phi) is 4.05. The molecule has 9 heteroatoms. The fraction of sp³-hybridized carbons (Fsp3) is 0.118. The van der Waals surface area contributed by atoms with Gasteiger partial charge in [-0.3, -0.25) is 24.5 Å². The van der Waals surface area contributed by atoms with Crippen molar-refractivity contribution in [1.29, 1.82) is 0 Å². The summed E-state index contributed by atoms with van der Waals surface area (Å²) in [6.07, 6.45) is 5.16. The summed E-state index contributed by atoms with van der Waals surface area (Å²) in [5.41, 5.74) is 1.38. The number of aromatic nitrogens is 2. The smallest absolute Gasteiger partial charge is 0.271 e. The molecule has 3 aromatic rings. The summed E-state index contributed by atoms with van der Waals surface area (Å²) in [6.45, 7) is 0.643. The van der Waals surface area contributed by atoms with E-state index in [2.05, 4.69) is 9.98 Å². The maximum Gasteiger partial charge on any atom is 0.271 e. The number of nitro benzene ring substituents is 1. The van der Waals surface area contributed by atoms with Crippen molar-refractivity contribution < 1.29 is 4.92 Å². The molecular formula is C17H13N5O3S. The molecule has 0 saturated heterocycles. The third-order valence-electron chi connectivity index (χ3n) is 3.96. The van der Waals surface area contributed by atoms with Crippen LogP contribution in [0.5, 0.6) is 0 Å². The van der Waals surface area contributed by atoms with Gasteiger partial charge < -0.3 is 4.90 Å². The molecule has 26 heavy (non-hydrogen) atoms. The molecule has 1 aliphatic rings. The van der Waals surface area contributed by atoms with Gasteiger partial charge in [0.1, 0.15) is 13.3 Å². The minimum Gasteiger partial charge on any atom is -0.333 e. The second-order valence-corrected chi connectivity index (χ2v) is 6.68. The number of nitro groups is 1. The molecule has 0 saturated carbocycles. The molecule has 0 radical (unpaired) electrons. The van der Waals surface area contributed by atoms with Crippen molar-refractivity contribution in [3.05, 3.63) is 84.2 Å². The van der Waals surface area contributed by atoms with E-state index in [-0.39, 0.29) is 11.2 Å². The molecule has 0 unspecified atom stereocenters. The fourth-order valence-electron chi connectivity index (χ4n) is 2.69. The number of hydrogen-bond donors (Lipinski definition) is 0. The van der Waals surface area contributed by atoms with Crippen molar-refractivity contribution in [2.75, 3.05) is 11.6 Å². The number of pyridine rings is 1. The standard InChI is InChI=1S/C17H13N5O3S/c23-16-15(7-12-3-2-6-18-9-12)26-17-19-10-20(11-21(16)17)13-4-1-5-14(8-13)22(24)25/h1-9H,10-11H2/b15-7-. The maximum atomic E-state index is 12.7. The van der Waals surface area contributed by atoms with Gasteiger partial charge >= 0.3 is 0 Å². The van der Waals surface area contributed by atoms with Gasteiger partial charge in [0.05, 0.1) is 9.46 Å². The second kappa shape index (κ2) is 6.52. The Morgan fingerprint density at radius 2 is 2.15 bits per heavy atom. The van der Waals surface area contributed by atoms with Crippen LogP contribution in [0.4, 0.5) is 11.4 Å². The Bertz CT molecular complexity index is 1150. The van der Waals surface area contributed by atoms with E-state index in [0.29, 0.717) is 28.4 Å². The van der Waals surface area contributed by atoms with Crippen molar-refractivity contribution in [3.63, 3.8) is 0 Å². The number of non-ortho nitro benzene ring substituents is 1. The number of fused-ring (bicyclic) bond motifs is 1. The summed E-state index contributed by atoms with van der Waals surface area (Å²) < 4.78 is 2.16.